The number of carbonyl (C=O) groups excluding carboxylic acids is 1. The Labute approximate surface area is 118 Å². The molecular weight excluding hydrogens is 294 g/mol. The molecule has 0 saturated carbocycles. The first-order chi connectivity index (χ1) is 8.68. The van der Waals surface area contributed by atoms with Gasteiger partial charge in [0.15, 0.2) is 0 Å². The van der Waals surface area contributed by atoms with Gasteiger partial charge in [-0.15, -0.1) is 23.5 Å². The van der Waals surface area contributed by atoms with E-state index in [-0.39, 0.29) is 0 Å². The number of carboxylic acid groups (broad SMARTS) is 2. The number of aliphatic hydroxyl groups is 1. The van der Waals surface area contributed by atoms with Crippen LogP contribution in [0.5, 0.6) is 0 Å². The van der Waals surface area contributed by atoms with Crippen molar-refractivity contribution in [1.82, 2.24) is 5.32 Å². The van der Waals surface area contributed by atoms with E-state index < -0.39 is 45.1 Å². The molecule has 1 fully saturated rings. The molecule has 1 saturated heterocycles. The Hall–Kier alpha value is -0.930. The lowest BCUT2D eigenvalue weighted by atomic mass is 10.2. The van der Waals surface area contributed by atoms with E-state index in [9.17, 15) is 14.4 Å². The smallest absolute Gasteiger partial charge is 0.328 e. The highest BCUT2D eigenvalue weighted by molar-refractivity contribution is 8.22. The molecule has 1 heterocycles. The Morgan fingerprint density at radius 2 is 1.74 bits per heavy atom. The van der Waals surface area contributed by atoms with Crippen LogP contribution < -0.4 is 5.32 Å². The van der Waals surface area contributed by atoms with Gasteiger partial charge >= 0.3 is 11.9 Å². The van der Waals surface area contributed by atoms with Crippen LogP contribution in [0.3, 0.4) is 0 Å². The van der Waals surface area contributed by atoms with Crippen LogP contribution in [-0.2, 0) is 14.4 Å². The summed E-state index contributed by atoms with van der Waals surface area (Å²) < 4.78 is -0.441. The fourth-order valence-electron chi connectivity index (χ4n) is 1.57. The van der Waals surface area contributed by atoms with Gasteiger partial charge in [-0.3, -0.25) is 9.59 Å². The third-order valence-corrected chi connectivity index (χ3v) is 5.75. The van der Waals surface area contributed by atoms with Crippen LogP contribution in [0.25, 0.3) is 0 Å². The molecule has 3 atom stereocenters. The molecule has 2 unspecified atom stereocenters. The van der Waals surface area contributed by atoms with Gasteiger partial charge in [-0.1, -0.05) is 0 Å². The molecule has 7 nitrogen and oxygen atoms in total. The highest BCUT2D eigenvalue weighted by Gasteiger charge is 2.48. The number of hydrogen-bond donors (Lipinski definition) is 4. The lowest BCUT2D eigenvalue weighted by Crippen LogP contribution is -2.49. The zero-order valence-corrected chi connectivity index (χ0v) is 12.0. The Morgan fingerprint density at radius 1 is 1.21 bits per heavy atom. The van der Waals surface area contributed by atoms with E-state index in [0.29, 0.717) is 0 Å². The monoisotopic (exact) mass is 309 g/mol. The Bertz CT molecular complexity index is 399. The predicted octanol–water partition coefficient (Wildman–Crippen LogP) is -0.414. The molecule has 0 aromatic carbocycles. The van der Waals surface area contributed by atoms with Crippen molar-refractivity contribution in [2.24, 2.45) is 0 Å². The fraction of sp³-hybridized carbons (Fsp3) is 0.700. The average molecular weight is 309 g/mol. The van der Waals surface area contributed by atoms with E-state index in [1.54, 1.807) is 13.8 Å². The summed E-state index contributed by atoms with van der Waals surface area (Å²) in [6.07, 6.45) is 0. The normalized spacial score (nSPS) is 26.7. The topological polar surface area (TPSA) is 124 Å². The molecule has 1 aliphatic rings. The van der Waals surface area contributed by atoms with E-state index in [1.165, 1.54) is 11.8 Å². The molecule has 1 amide bonds. The Kier molecular flexibility index (Phi) is 5.11. The number of nitrogens with one attached hydrogen (secondary N) is 1. The second-order valence-corrected chi connectivity index (χ2v) is 8.18. The lowest BCUT2D eigenvalue weighted by Gasteiger charge is -2.18. The van der Waals surface area contributed by atoms with E-state index in [1.807, 2.05) is 0 Å². The van der Waals surface area contributed by atoms with Crippen molar-refractivity contribution in [3.05, 3.63) is 0 Å². The number of carbonyl (C=O) groups is 3. The van der Waals surface area contributed by atoms with E-state index in [4.69, 9.17) is 15.3 Å². The second kappa shape index (κ2) is 6.02. The third kappa shape index (κ3) is 4.02. The minimum Gasteiger partial charge on any atom is -0.480 e. The summed E-state index contributed by atoms with van der Waals surface area (Å²) >= 11 is 2.32. The SMILES string of the molecule is CC1(C)SC(C(=O)O)C(C(=O)N[C@@H](CO)C(=O)O)S1. The predicted molar refractivity (Wildman–Crippen MR) is 71.1 cm³/mol. The van der Waals surface area contributed by atoms with Gasteiger partial charge < -0.3 is 20.6 Å². The Balaban J connectivity index is 2.80. The van der Waals surface area contributed by atoms with Crippen molar-refractivity contribution in [3.63, 3.8) is 0 Å². The minimum atomic E-state index is -1.42. The first-order valence-corrected chi connectivity index (χ1v) is 7.16. The number of carboxylic acids is 2. The van der Waals surface area contributed by atoms with Gasteiger partial charge in [-0.2, -0.15) is 0 Å². The minimum absolute atomic E-state index is 0.441. The number of aliphatic carboxylic acids is 2. The maximum Gasteiger partial charge on any atom is 0.328 e. The largest absolute Gasteiger partial charge is 0.480 e. The van der Waals surface area contributed by atoms with Crippen LogP contribution in [0.4, 0.5) is 0 Å². The number of thioether (sulfide) groups is 2. The van der Waals surface area contributed by atoms with Crippen LogP contribution in [0.2, 0.25) is 0 Å². The molecule has 0 aromatic rings. The van der Waals surface area contributed by atoms with E-state index in [2.05, 4.69) is 5.32 Å². The third-order valence-electron chi connectivity index (χ3n) is 2.40. The van der Waals surface area contributed by atoms with Crippen LogP contribution in [0, 0.1) is 0 Å². The number of rotatable bonds is 5. The van der Waals surface area contributed by atoms with Gasteiger partial charge in [-0.05, 0) is 13.8 Å². The van der Waals surface area contributed by atoms with Crippen LogP contribution in [-0.4, -0.2) is 60.4 Å². The standard InChI is InChI=1S/C10H15NO6S2/c1-10(2)18-5(6(19-10)9(16)17)7(13)11-4(3-12)8(14)15/h4-6,12H,3H2,1-2H3,(H,11,13)(H,14,15)(H,16,17)/t4-,5?,6?/m0/s1. The maximum absolute atomic E-state index is 11.9. The van der Waals surface area contributed by atoms with Crippen molar-refractivity contribution in [3.8, 4) is 0 Å². The van der Waals surface area contributed by atoms with Gasteiger partial charge in [0, 0.05) is 0 Å². The summed E-state index contributed by atoms with van der Waals surface area (Å²) in [4.78, 5) is 33.8. The number of amides is 1. The van der Waals surface area contributed by atoms with Crippen LogP contribution in [0.15, 0.2) is 0 Å². The van der Waals surface area contributed by atoms with Gasteiger partial charge in [0.25, 0.3) is 0 Å². The molecule has 0 radical (unpaired) electrons. The molecule has 1 aliphatic heterocycles. The highest BCUT2D eigenvalue weighted by Crippen LogP contribution is 2.51. The van der Waals surface area contributed by atoms with Crippen LogP contribution >= 0.6 is 23.5 Å². The summed E-state index contributed by atoms with van der Waals surface area (Å²) in [6.45, 7) is 2.85. The zero-order chi connectivity index (χ0) is 14.8. The molecule has 1 rings (SSSR count). The van der Waals surface area contributed by atoms with Gasteiger partial charge in [-0.25, -0.2) is 4.79 Å². The van der Waals surface area contributed by atoms with Crippen molar-refractivity contribution < 1.29 is 29.7 Å². The molecule has 19 heavy (non-hydrogen) atoms. The van der Waals surface area contributed by atoms with Crippen molar-refractivity contribution in [2.75, 3.05) is 6.61 Å². The summed E-state index contributed by atoms with van der Waals surface area (Å²) in [5.74, 6) is -3.16. The first kappa shape index (κ1) is 16.1. The van der Waals surface area contributed by atoms with E-state index in [0.717, 1.165) is 11.8 Å². The molecule has 9 heteroatoms. The molecule has 0 aliphatic carbocycles. The van der Waals surface area contributed by atoms with Gasteiger partial charge in [0.2, 0.25) is 5.91 Å². The molecule has 0 aromatic heterocycles. The quantitative estimate of drug-likeness (QED) is 0.540. The van der Waals surface area contributed by atoms with Crippen molar-refractivity contribution in [2.45, 2.75) is 34.5 Å². The summed E-state index contributed by atoms with van der Waals surface area (Å²) in [5, 5.41) is 27.0. The summed E-state index contributed by atoms with van der Waals surface area (Å²) in [6, 6.07) is -1.42. The van der Waals surface area contributed by atoms with Crippen molar-refractivity contribution in [1.29, 1.82) is 0 Å². The summed E-state index contributed by atoms with van der Waals surface area (Å²) in [5.41, 5.74) is 0. The van der Waals surface area contributed by atoms with Gasteiger partial charge in [0.1, 0.15) is 16.5 Å². The average Bonchev–Trinajstić information content (AvgIpc) is 2.61. The lowest BCUT2D eigenvalue weighted by molar-refractivity contribution is -0.143. The first-order valence-electron chi connectivity index (χ1n) is 5.40. The number of hydrogen-bond acceptors (Lipinski definition) is 6. The van der Waals surface area contributed by atoms with E-state index >= 15 is 0 Å². The summed E-state index contributed by atoms with van der Waals surface area (Å²) in [7, 11) is 0. The molecule has 4 N–H and O–H groups in total. The molecule has 108 valence electrons. The molecule has 0 spiro atoms. The second-order valence-electron chi connectivity index (χ2n) is 4.40. The van der Waals surface area contributed by atoms with Gasteiger partial charge in [0.05, 0.1) is 10.7 Å². The number of aliphatic hydroxyl groups excluding tert-OH is 1. The molecule has 0 bridgehead atoms. The zero-order valence-electron chi connectivity index (χ0n) is 10.3. The highest BCUT2D eigenvalue weighted by atomic mass is 32.2. The maximum atomic E-state index is 11.9. The van der Waals surface area contributed by atoms with Crippen LogP contribution in [0.1, 0.15) is 13.8 Å². The van der Waals surface area contributed by atoms with Crippen molar-refractivity contribution >= 4 is 41.4 Å². The molecular formula is C10H15NO6S2. The fourth-order valence-corrected chi connectivity index (χ4v) is 4.74. The Morgan fingerprint density at radius 3 is 2.16 bits per heavy atom.